The summed E-state index contributed by atoms with van der Waals surface area (Å²) in [6.07, 6.45) is 4.00. The van der Waals surface area contributed by atoms with Crippen molar-refractivity contribution in [2.75, 3.05) is 6.54 Å². The molecule has 0 saturated heterocycles. The molecule has 2 N–H and O–H groups in total. The second kappa shape index (κ2) is 16.2. The molecule has 1 amide bonds. The molecule has 0 rings (SSSR count). The maximum atomic E-state index is 11.2. The van der Waals surface area contributed by atoms with E-state index in [1.54, 1.807) is 0 Å². The van der Waals surface area contributed by atoms with Crippen molar-refractivity contribution >= 4 is 12.1 Å². The summed E-state index contributed by atoms with van der Waals surface area (Å²) in [4.78, 5) is 21.1. The Morgan fingerprint density at radius 2 is 1.65 bits per heavy atom. The normalized spacial score (nSPS) is 10.2. The predicted molar refractivity (Wildman–Crippen MR) is 89.1 cm³/mol. The van der Waals surface area contributed by atoms with E-state index in [0.717, 1.165) is 32.1 Å². The van der Waals surface area contributed by atoms with E-state index in [1.807, 2.05) is 20.8 Å². The van der Waals surface area contributed by atoms with Crippen molar-refractivity contribution in [3.63, 3.8) is 0 Å². The number of hydrogen-bond donors (Lipinski definition) is 2. The Kier molecular flexibility index (Phi) is 19.2. The van der Waals surface area contributed by atoms with Gasteiger partial charge in [0.2, 0.25) is 0 Å². The molecule has 5 nitrogen and oxygen atoms in total. The molecule has 0 bridgehead atoms. The molecular weight excluding hydrogens is 289 g/mol. The van der Waals surface area contributed by atoms with Crippen LogP contribution in [0.5, 0.6) is 0 Å². The largest absolute Gasteiger partial charge is 1.00 e. The van der Waals surface area contributed by atoms with Crippen LogP contribution in [0.25, 0.3) is 0 Å². The molecule has 0 aromatic heterocycles. The molecule has 0 saturated carbocycles. The van der Waals surface area contributed by atoms with Gasteiger partial charge in [-0.2, -0.15) is 19.3 Å². The SMILES string of the molecule is [CH2-]CC(C[CH2-])CNC(=O)OC(C)(C)C.[CH2-]CCCCC(=O)O.[Li+]. The zero-order chi connectivity index (χ0) is 17.6. The first-order chi connectivity index (χ1) is 10.2. The molecule has 0 spiro atoms. The molecule has 0 aromatic carbocycles. The van der Waals surface area contributed by atoms with Crippen LogP contribution in [0.2, 0.25) is 0 Å². The molecule has 132 valence electrons. The molecule has 0 unspecified atom stereocenters. The van der Waals surface area contributed by atoms with Gasteiger partial charge in [-0.3, -0.25) is 4.79 Å². The third kappa shape index (κ3) is 23.7. The van der Waals surface area contributed by atoms with Gasteiger partial charge in [0.1, 0.15) is 5.60 Å². The molecule has 0 fully saturated rings. The Morgan fingerprint density at radius 1 is 1.13 bits per heavy atom. The van der Waals surface area contributed by atoms with Crippen molar-refractivity contribution in [3.05, 3.63) is 20.8 Å². The summed E-state index contributed by atoms with van der Waals surface area (Å²) in [5, 5.41) is 10.8. The Labute approximate surface area is 154 Å². The minimum Gasteiger partial charge on any atom is -0.481 e. The van der Waals surface area contributed by atoms with Gasteiger partial charge in [-0.15, -0.1) is 0 Å². The van der Waals surface area contributed by atoms with Crippen molar-refractivity contribution in [2.24, 2.45) is 5.92 Å². The quantitative estimate of drug-likeness (QED) is 0.398. The second-order valence-electron chi connectivity index (χ2n) is 6.03. The molecule has 0 aliphatic carbocycles. The summed E-state index contributed by atoms with van der Waals surface area (Å²) in [5.41, 5.74) is -0.436. The fraction of sp³-hybridized carbons (Fsp3) is 0.706. The first-order valence-corrected chi connectivity index (χ1v) is 7.72. The monoisotopic (exact) mass is 321 g/mol. The molecule has 6 heteroatoms. The molecule has 0 radical (unpaired) electrons. The first kappa shape index (κ1) is 27.2. The van der Waals surface area contributed by atoms with E-state index in [9.17, 15) is 9.59 Å². The van der Waals surface area contributed by atoms with Crippen LogP contribution in [-0.4, -0.2) is 29.3 Å². The van der Waals surface area contributed by atoms with Crippen LogP contribution in [0.3, 0.4) is 0 Å². The number of aliphatic carboxylic acids is 1. The van der Waals surface area contributed by atoms with Gasteiger partial charge in [-0.25, -0.2) is 4.79 Å². The van der Waals surface area contributed by atoms with Crippen LogP contribution in [0.4, 0.5) is 4.79 Å². The van der Waals surface area contributed by atoms with Crippen molar-refractivity contribution in [1.29, 1.82) is 0 Å². The topological polar surface area (TPSA) is 75.6 Å². The van der Waals surface area contributed by atoms with Gasteiger partial charge in [0, 0.05) is 13.0 Å². The number of rotatable bonds is 8. The van der Waals surface area contributed by atoms with Gasteiger partial charge in [0.25, 0.3) is 0 Å². The Hall–Kier alpha value is -0.663. The Balaban J connectivity index is -0.000000382. The Bertz CT molecular complexity index is 299. The molecule has 0 aromatic rings. The smallest absolute Gasteiger partial charge is 0.481 e. The second-order valence-corrected chi connectivity index (χ2v) is 6.03. The maximum absolute atomic E-state index is 11.2. The average molecular weight is 321 g/mol. The van der Waals surface area contributed by atoms with Crippen molar-refractivity contribution in [3.8, 4) is 0 Å². The summed E-state index contributed by atoms with van der Waals surface area (Å²) in [7, 11) is 0. The van der Waals surface area contributed by atoms with Crippen molar-refractivity contribution in [2.45, 2.75) is 64.9 Å². The van der Waals surface area contributed by atoms with E-state index >= 15 is 0 Å². The number of unbranched alkanes of at least 4 members (excludes halogenated alkanes) is 2. The molecular formula is C17H32LiNO4-2. The predicted octanol–water partition coefficient (Wildman–Crippen LogP) is 1.05. The number of carboxylic acid groups (broad SMARTS) is 1. The van der Waals surface area contributed by atoms with Gasteiger partial charge in [-0.05, 0) is 27.2 Å². The van der Waals surface area contributed by atoms with Gasteiger partial charge < -0.3 is 35.9 Å². The number of carbonyl (C=O) groups excluding carboxylic acids is 1. The minimum atomic E-state index is -0.710. The fourth-order valence-corrected chi connectivity index (χ4v) is 1.34. The summed E-state index contributed by atoms with van der Waals surface area (Å²) < 4.78 is 5.09. The van der Waals surface area contributed by atoms with E-state index in [4.69, 9.17) is 9.84 Å². The van der Waals surface area contributed by atoms with Gasteiger partial charge in [0.15, 0.2) is 0 Å². The number of carbonyl (C=O) groups is 2. The maximum Gasteiger partial charge on any atom is 1.00 e. The zero-order valence-electron chi connectivity index (χ0n) is 15.3. The summed E-state index contributed by atoms with van der Waals surface area (Å²) in [6.45, 7) is 17.2. The van der Waals surface area contributed by atoms with E-state index in [1.165, 1.54) is 0 Å². The fourth-order valence-electron chi connectivity index (χ4n) is 1.34. The van der Waals surface area contributed by atoms with E-state index in [-0.39, 0.29) is 31.4 Å². The Morgan fingerprint density at radius 3 is 2.00 bits per heavy atom. The standard InChI is InChI=1S/C11H21NO2.C6H11O2.Li/c1-6-9(7-2)8-12-10(13)14-11(3,4)5;1-2-3-4-5-6(7)8;/h9H,1-2,6-8H2,3-5H3,(H,12,13);1-5H2,(H,7,8);/q-2;-1;+1. The van der Waals surface area contributed by atoms with Crippen molar-refractivity contribution < 1.29 is 38.3 Å². The average Bonchev–Trinajstić information content (AvgIpc) is 2.38. The van der Waals surface area contributed by atoms with Gasteiger partial charge >= 0.3 is 30.9 Å². The number of amides is 1. The van der Waals surface area contributed by atoms with Crippen LogP contribution in [-0.2, 0) is 9.53 Å². The molecule has 0 atom stereocenters. The van der Waals surface area contributed by atoms with Gasteiger partial charge in [-0.1, -0.05) is 12.3 Å². The van der Waals surface area contributed by atoms with E-state index in [0.29, 0.717) is 12.5 Å². The number of ether oxygens (including phenoxy) is 1. The third-order valence-electron chi connectivity index (χ3n) is 2.64. The molecule has 0 aliphatic rings. The first-order valence-electron chi connectivity index (χ1n) is 7.72. The minimum absolute atomic E-state index is 0. The number of carboxylic acids is 1. The van der Waals surface area contributed by atoms with Crippen molar-refractivity contribution in [1.82, 2.24) is 5.32 Å². The summed E-state index contributed by atoms with van der Waals surface area (Å²) in [6, 6.07) is 0. The third-order valence-corrected chi connectivity index (χ3v) is 2.64. The number of hydrogen-bond acceptors (Lipinski definition) is 3. The molecule has 0 aliphatic heterocycles. The number of alkyl carbamates (subject to hydrolysis) is 1. The molecule has 0 heterocycles. The van der Waals surface area contributed by atoms with Crippen LogP contribution in [0.15, 0.2) is 0 Å². The van der Waals surface area contributed by atoms with E-state index < -0.39 is 11.6 Å². The molecule has 23 heavy (non-hydrogen) atoms. The van der Waals surface area contributed by atoms with Crippen LogP contribution in [0.1, 0.15) is 59.3 Å². The zero-order valence-corrected chi connectivity index (χ0v) is 15.3. The van der Waals surface area contributed by atoms with Crippen LogP contribution < -0.4 is 24.2 Å². The summed E-state index contributed by atoms with van der Waals surface area (Å²) >= 11 is 0. The number of nitrogens with one attached hydrogen (secondary N) is 1. The van der Waals surface area contributed by atoms with Gasteiger partial charge in [0.05, 0.1) is 0 Å². The van der Waals surface area contributed by atoms with Crippen LogP contribution >= 0.6 is 0 Å². The summed E-state index contributed by atoms with van der Waals surface area (Å²) in [5.74, 6) is -0.374. The van der Waals surface area contributed by atoms with E-state index in [2.05, 4.69) is 26.1 Å². The van der Waals surface area contributed by atoms with Crippen LogP contribution in [0, 0.1) is 26.7 Å².